The van der Waals surface area contributed by atoms with Gasteiger partial charge in [0.1, 0.15) is 0 Å². The summed E-state index contributed by atoms with van der Waals surface area (Å²) >= 11 is 5.59. The molecule has 1 aromatic rings. The fraction of sp³-hybridized carbons (Fsp3) is 0.625. The second-order valence-electron chi connectivity index (χ2n) is 5.73. The molecule has 1 aromatic carbocycles. The SMILES string of the molecule is BrCCN1CCCN(CC2CSc3ccccc32)CC1. The van der Waals surface area contributed by atoms with E-state index in [-0.39, 0.29) is 0 Å². The highest BCUT2D eigenvalue weighted by molar-refractivity contribution is 9.09. The highest BCUT2D eigenvalue weighted by Gasteiger charge is 2.25. The average molecular weight is 355 g/mol. The zero-order chi connectivity index (χ0) is 13.8. The van der Waals surface area contributed by atoms with Crippen LogP contribution in [0.2, 0.25) is 0 Å². The summed E-state index contributed by atoms with van der Waals surface area (Å²) in [5, 5.41) is 1.10. The molecule has 0 saturated carbocycles. The maximum atomic E-state index is 3.56. The number of hydrogen-bond acceptors (Lipinski definition) is 3. The summed E-state index contributed by atoms with van der Waals surface area (Å²) < 4.78 is 0. The lowest BCUT2D eigenvalue weighted by atomic mass is 10.0. The van der Waals surface area contributed by atoms with Crippen molar-refractivity contribution in [3.63, 3.8) is 0 Å². The van der Waals surface area contributed by atoms with Crippen LogP contribution in [0.3, 0.4) is 0 Å². The largest absolute Gasteiger partial charge is 0.301 e. The molecule has 0 spiro atoms. The van der Waals surface area contributed by atoms with E-state index in [9.17, 15) is 0 Å². The molecule has 110 valence electrons. The van der Waals surface area contributed by atoms with Gasteiger partial charge in [-0.15, -0.1) is 11.8 Å². The molecule has 1 unspecified atom stereocenters. The molecule has 3 rings (SSSR count). The quantitative estimate of drug-likeness (QED) is 0.766. The molecule has 0 N–H and O–H groups in total. The van der Waals surface area contributed by atoms with E-state index in [1.54, 1.807) is 5.56 Å². The Morgan fingerprint density at radius 1 is 1.10 bits per heavy atom. The Bertz CT molecular complexity index is 440. The van der Waals surface area contributed by atoms with Crippen LogP contribution < -0.4 is 0 Å². The Hall–Kier alpha value is -0.0300. The van der Waals surface area contributed by atoms with Crippen LogP contribution in [0.4, 0.5) is 0 Å². The number of nitrogens with zero attached hydrogens (tertiary/aromatic N) is 2. The van der Waals surface area contributed by atoms with Gasteiger partial charge in [0.25, 0.3) is 0 Å². The van der Waals surface area contributed by atoms with Crippen molar-refractivity contribution in [2.45, 2.75) is 17.2 Å². The van der Waals surface area contributed by atoms with Gasteiger partial charge in [0.05, 0.1) is 0 Å². The fourth-order valence-corrected chi connectivity index (χ4v) is 4.99. The topological polar surface area (TPSA) is 6.48 Å². The number of thioether (sulfide) groups is 1. The van der Waals surface area contributed by atoms with E-state index in [2.05, 4.69) is 50.0 Å². The third-order valence-corrected chi connectivity index (χ3v) is 5.97. The molecule has 2 aliphatic heterocycles. The second kappa shape index (κ2) is 7.30. The minimum atomic E-state index is 0.735. The van der Waals surface area contributed by atoms with Gasteiger partial charge >= 0.3 is 0 Å². The third-order valence-electron chi connectivity index (χ3n) is 4.36. The zero-order valence-electron chi connectivity index (χ0n) is 11.9. The van der Waals surface area contributed by atoms with Gasteiger partial charge in [0, 0.05) is 48.1 Å². The van der Waals surface area contributed by atoms with E-state index < -0.39 is 0 Å². The Balaban J connectivity index is 1.56. The smallest absolute Gasteiger partial charge is 0.0159 e. The lowest BCUT2D eigenvalue weighted by Gasteiger charge is -2.24. The summed E-state index contributed by atoms with van der Waals surface area (Å²) in [6.45, 7) is 7.42. The lowest BCUT2D eigenvalue weighted by Crippen LogP contribution is -2.34. The van der Waals surface area contributed by atoms with Crippen LogP contribution in [-0.4, -0.2) is 60.2 Å². The summed E-state index contributed by atoms with van der Waals surface area (Å²) in [5.74, 6) is 2.00. The highest BCUT2D eigenvalue weighted by Crippen LogP contribution is 2.39. The van der Waals surface area contributed by atoms with Crippen LogP contribution in [0.5, 0.6) is 0 Å². The second-order valence-corrected chi connectivity index (χ2v) is 7.59. The first kappa shape index (κ1) is 14.9. The van der Waals surface area contributed by atoms with Crippen molar-refractivity contribution < 1.29 is 0 Å². The van der Waals surface area contributed by atoms with Crippen molar-refractivity contribution in [2.75, 3.05) is 50.4 Å². The molecule has 1 fully saturated rings. The molecule has 0 amide bonds. The molecule has 0 bridgehead atoms. The van der Waals surface area contributed by atoms with Gasteiger partial charge in [-0.1, -0.05) is 34.1 Å². The minimum Gasteiger partial charge on any atom is -0.301 e. The van der Waals surface area contributed by atoms with Crippen molar-refractivity contribution in [1.29, 1.82) is 0 Å². The first-order valence-electron chi connectivity index (χ1n) is 7.59. The van der Waals surface area contributed by atoms with E-state index in [0.717, 1.165) is 11.2 Å². The van der Waals surface area contributed by atoms with Gasteiger partial charge in [0.15, 0.2) is 0 Å². The molecular formula is C16H23BrN2S. The number of fused-ring (bicyclic) bond motifs is 1. The van der Waals surface area contributed by atoms with Gasteiger partial charge < -0.3 is 9.80 Å². The van der Waals surface area contributed by atoms with Crippen LogP contribution in [0.1, 0.15) is 17.9 Å². The van der Waals surface area contributed by atoms with E-state index in [0.29, 0.717) is 0 Å². The molecule has 2 nitrogen and oxygen atoms in total. The fourth-order valence-electron chi connectivity index (χ4n) is 3.24. The van der Waals surface area contributed by atoms with Gasteiger partial charge in [-0.05, 0) is 31.1 Å². The van der Waals surface area contributed by atoms with Crippen molar-refractivity contribution in [2.24, 2.45) is 0 Å². The molecule has 1 atom stereocenters. The molecule has 2 aliphatic rings. The van der Waals surface area contributed by atoms with Crippen LogP contribution in [0, 0.1) is 0 Å². The van der Waals surface area contributed by atoms with E-state index in [1.165, 1.54) is 56.3 Å². The molecule has 4 heteroatoms. The maximum Gasteiger partial charge on any atom is 0.0159 e. The molecule has 0 aromatic heterocycles. The predicted molar refractivity (Wildman–Crippen MR) is 91.2 cm³/mol. The van der Waals surface area contributed by atoms with E-state index >= 15 is 0 Å². The highest BCUT2D eigenvalue weighted by atomic mass is 79.9. The number of benzene rings is 1. The molecular weight excluding hydrogens is 332 g/mol. The summed E-state index contributed by atoms with van der Waals surface area (Å²) in [5.41, 5.74) is 1.58. The van der Waals surface area contributed by atoms with E-state index in [1.807, 2.05) is 11.8 Å². The number of alkyl halides is 1. The zero-order valence-corrected chi connectivity index (χ0v) is 14.3. The van der Waals surface area contributed by atoms with Crippen molar-refractivity contribution in [3.05, 3.63) is 29.8 Å². The standard InChI is InChI=1S/C16H23BrN2S/c17-6-9-18-7-3-8-19(11-10-18)12-14-13-20-16-5-2-1-4-15(14)16/h1-2,4-5,14H,3,6-13H2. The van der Waals surface area contributed by atoms with Gasteiger partial charge in [0.2, 0.25) is 0 Å². The normalized spacial score (nSPS) is 24.6. The molecule has 1 saturated heterocycles. The summed E-state index contributed by atoms with van der Waals surface area (Å²) in [4.78, 5) is 6.78. The Morgan fingerprint density at radius 2 is 1.90 bits per heavy atom. The first-order chi connectivity index (χ1) is 9.86. The number of hydrogen-bond donors (Lipinski definition) is 0. The van der Waals surface area contributed by atoms with Crippen LogP contribution >= 0.6 is 27.7 Å². The van der Waals surface area contributed by atoms with Gasteiger partial charge in [-0.2, -0.15) is 0 Å². The molecule has 2 heterocycles. The Kier molecular flexibility index (Phi) is 5.43. The van der Waals surface area contributed by atoms with Crippen molar-refractivity contribution >= 4 is 27.7 Å². The molecule has 0 aliphatic carbocycles. The minimum absolute atomic E-state index is 0.735. The average Bonchev–Trinajstić information content (AvgIpc) is 2.74. The summed E-state index contributed by atoms with van der Waals surface area (Å²) in [7, 11) is 0. The Morgan fingerprint density at radius 3 is 2.80 bits per heavy atom. The van der Waals surface area contributed by atoms with Crippen LogP contribution in [0.25, 0.3) is 0 Å². The lowest BCUT2D eigenvalue weighted by molar-refractivity contribution is 0.256. The van der Waals surface area contributed by atoms with Crippen molar-refractivity contribution in [1.82, 2.24) is 9.80 Å². The number of rotatable bonds is 4. The molecule has 20 heavy (non-hydrogen) atoms. The van der Waals surface area contributed by atoms with Gasteiger partial charge in [-0.3, -0.25) is 0 Å². The summed E-state index contributed by atoms with van der Waals surface area (Å²) in [6, 6.07) is 8.96. The Labute approximate surface area is 135 Å². The number of halogens is 1. The van der Waals surface area contributed by atoms with Crippen LogP contribution in [0.15, 0.2) is 29.2 Å². The van der Waals surface area contributed by atoms with Crippen molar-refractivity contribution in [3.8, 4) is 0 Å². The van der Waals surface area contributed by atoms with Gasteiger partial charge in [-0.25, -0.2) is 0 Å². The molecule has 0 radical (unpaired) electrons. The third kappa shape index (κ3) is 3.59. The van der Waals surface area contributed by atoms with E-state index in [4.69, 9.17) is 0 Å². The van der Waals surface area contributed by atoms with Crippen LogP contribution in [-0.2, 0) is 0 Å². The monoisotopic (exact) mass is 354 g/mol. The summed E-state index contributed by atoms with van der Waals surface area (Å²) in [6.07, 6.45) is 1.31. The first-order valence-corrected chi connectivity index (χ1v) is 9.70. The predicted octanol–water partition coefficient (Wildman–Crippen LogP) is 3.28. The maximum absolute atomic E-state index is 3.56.